The molecule has 3 aromatic rings. The average Bonchev–Trinajstić information content (AvgIpc) is 3.17. The van der Waals surface area contributed by atoms with Crippen LogP contribution in [0.15, 0.2) is 76.3 Å². The molecule has 8 heteroatoms. The molecule has 3 rings (SSSR count). The van der Waals surface area contributed by atoms with Gasteiger partial charge in [-0.1, -0.05) is 36.4 Å². The van der Waals surface area contributed by atoms with E-state index in [0.29, 0.717) is 17.1 Å². The second-order valence-electron chi connectivity index (χ2n) is 5.69. The molecule has 0 bridgehead atoms. The van der Waals surface area contributed by atoms with Crippen molar-refractivity contribution in [1.82, 2.24) is 4.72 Å². The molecule has 0 amide bonds. The lowest BCUT2D eigenvalue weighted by Crippen LogP contribution is -2.29. The summed E-state index contributed by atoms with van der Waals surface area (Å²) in [7, 11) is -3.82. The minimum Gasteiger partial charge on any atom is -0.481 e. The fourth-order valence-electron chi connectivity index (χ4n) is 2.48. The van der Waals surface area contributed by atoms with Crippen LogP contribution in [0.25, 0.3) is 0 Å². The Morgan fingerprint density at radius 1 is 1.04 bits per heavy atom. The highest BCUT2D eigenvalue weighted by atomic mass is 32.2. The van der Waals surface area contributed by atoms with Crippen molar-refractivity contribution in [2.45, 2.75) is 16.7 Å². The maximum Gasteiger partial charge on any atom is 0.305 e. The van der Waals surface area contributed by atoms with Gasteiger partial charge in [-0.3, -0.25) is 4.79 Å². The van der Waals surface area contributed by atoms with Gasteiger partial charge in [-0.05, 0) is 41.3 Å². The molecule has 6 nitrogen and oxygen atoms in total. The van der Waals surface area contributed by atoms with Crippen molar-refractivity contribution in [3.8, 4) is 11.5 Å². The van der Waals surface area contributed by atoms with Crippen molar-refractivity contribution < 1.29 is 23.1 Å². The molecule has 1 atom stereocenters. The van der Waals surface area contributed by atoms with Crippen molar-refractivity contribution in [1.29, 1.82) is 0 Å². The van der Waals surface area contributed by atoms with E-state index in [1.807, 2.05) is 18.2 Å². The van der Waals surface area contributed by atoms with Crippen LogP contribution in [0.2, 0.25) is 0 Å². The Morgan fingerprint density at radius 2 is 1.78 bits per heavy atom. The van der Waals surface area contributed by atoms with Gasteiger partial charge >= 0.3 is 5.97 Å². The molecule has 2 N–H and O–H groups in total. The molecular weight excluding hydrogens is 386 g/mol. The first-order valence-corrected chi connectivity index (χ1v) is 10.4. The molecule has 0 aliphatic carbocycles. The number of carbonyl (C=O) groups is 1. The molecule has 140 valence electrons. The van der Waals surface area contributed by atoms with Gasteiger partial charge in [0.25, 0.3) is 10.0 Å². The van der Waals surface area contributed by atoms with Crippen LogP contribution < -0.4 is 9.46 Å². The number of benzene rings is 2. The number of para-hydroxylation sites is 1. The molecule has 1 heterocycles. The van der Waals surface area contributed by atoms with E-state index in [1.54, 1.807) is 47.8 Å². The van der Waals surface area contributed by atoms with Crippen LogP contribution in [0.5, 0.6) is 11.5 Å². The third-order valence-electron chi connectivity index (χ3n) is 3.68. The summed E-state index contributed by atoms with van der Waals surface area (Å²) in [4.78, 5) is 11.3. The highest BCUT2D eigenvalue weighted by Gasteiger charge is 2.24. The molecule has 0 aliphatic rings. The number of nitrogens with one attached hydrogen (secondary N) is 1. The summed E-state index contributed by atoms with van der Waals surface area (Å²) >= 11 is 1.07. The van der Waals surface area contributed by atoms with E-state index in [1.165, 1.54) is 6.07 Å². The normalized spacial score (nSPS) is 12.4. The summed E-state index contributed by atoms with van der Waals surface area (Å²) in [5.74, 6) is 0.0104. The highest BCUT2D eigenvalue weighted by Crippen LogP contribution is 2.27. The van der Waals surface area contributed by atoms with Gasteiger partial charge in [0.2, 0.25) is 0 Å². The third kappa shape index (κ3) is 5.16. The van der Waals surface area contributed by atoms with Gasteiger partial charge in [0.15, 0.2) is 0 Å². The van der Waals surface area contributed by atoms with E-state index in [2.05, 4.69) is 4.72 Å². The van der Waals surface area contributed by atoms with Crippen LogP contribution >= 0.6 is 11.3 Å². The smallest absolute Gasteiger partial charge is 0.305 e. The molecule has 0 radical (unpaired) electrons. The molecule has 0 aliphatic heterocycles. The Kier molecular flexibility index (Phi) is 5.90. The number of aliphatic carboxylic acids is 1. The molecule has 1 aromatic heterocycles. The molecule has 0 saturated heterocycles. The Bertz CT molecular complexity index is 1000. The van der Waals surface area contributed by atoms with Gasteiger partial charge in [-0.25, -0.2) is 13.1 Å². The first-order valence-electron chi connectivity index (χ1n) is 8.04. The lowest BCUT2D eigenvalue weighted by Gasteiger charge is -2.18. The van der Waals surface area contributed by atoms with Crippen LogP contribution in [0.1, 0.15) is 18.0 Å². The predicted molar refractivity (Wildman–Crippen MR) is 103 cm³/mol. The maximum absolute atomic E-state index is 12.5. The monoisotopic (exact) mass is 403 g/mol. The number of hydrogen-bond donors (Lipinski definition) is 2. The number of thiophene rings is 1. The summed E-state index contributed by atoms with van der Waals surface area (Å²) in [5, 5.41) is 10.9. The lowest BCUT2D eigenvalue weighted by molar-refractivity contribution is -0.137. The zero-order valence-electron chi connectivity index (χ0n) is 14.1. The van der Waals surface area contributed by atoms with Crippen molar-refractivity contribution in [3.63, 3.8) is 0 Å². The Hall–Kier alpha value is -2.68. The summed E-state index contributed by atoms with van der Waals surface area (Å²) in [6, 6.07) is 18.0. The Labute approximate surface area is 161 Å². The largest absolute Gasteiger partial charge is 0.481 e. The van der Waals surface area contributed by atoms with Crippen molar-refractivity contribution in [2.24, 2.45) is 0 Å². The first kappa shape index (κ1) is 19.1. The number of sulfonamides is 1. The van der Waals surface area contributed by atoms with Gasteiger partial charge in [0.1, 0.15) is 15.7 Å². The fourth-order valence-corrected chi connectivity index (χ4v) is 4.72. The summed E-state index contributed by atoms with van der Waals surface area (Å²) < 4.78 is 33.4. The molecule has 0 spiro atoms. The van der Waals surface area contributed by atoms with Gasteiger partial charge < -0.3 is 9.84 Å². The number of carboxylic acids is 1. The summed E-state index contributed by atoms with van der Waals surface area (Å²) in [5.41, 5.74) is 0.506. The quantitative estimate of drug-likeness (QED) is 0.592. The van der Waals surface area contributed by atoms with Crippen molar-refractivity contribution in [2.75, 3.05) is 0 Å². The number of rotatable bonds is 8. The minimum absolute atomic E-state index is 0.134. The zero-order valence-corrected chi connectivity index (χ0v) is 15.7. The van der Waals surface area contributed by atoms with Crippen LogP contribution in [-0.2, 0) is 14.8 Å². The van der Waals surface area contributed by atoms with Crippen molar-refractivity contribution >= 4 is 27.3 Å². The predicted octanol–water partition coefficient (Wildman–Crippen LogP) is 4.03. The molecule has 0 unspecified atom stereocenters. The van der Waals surface area contributed by atoms with Crippen LogP contribution in [0.4, 0.5) is 0 Å². The Balaban J connectivity index is 1.87. The maximum atomic E-state index is 12.5. The van der Waals surface area contributed by atoms with E-state index < -0.39 is 22.0 Å². The summed E-state index contributed by atoms with van der Waals surface area (Å²) in [6.07, 6.45) is -0.389. The zero-order chi connectivity index (χ0) is 19.3. The fraction of sp³-hybridized carbons (Fsp3) is 0.105. The second kappa shape index (κ2) is 8.34. The topological polar surface area (TPSA) is 92.7 Å². The van der Waals surface area contributed by atoms with Crippen LogP contribution in [0, 0.1) is 0 Å². The van der Waals surface area contributed by atoms with E-state index in [9.17, 15) is 18.3 Å². The molecule has 0 fully saturated rings. The van der Waals surface area contributed by atoms with Crippen molar-refractivity contribution in [3.05, 3.63) is 77.7 Å². The number of hydrogen-bond acceptors (Lipinski definition) is 5. The molecule has 2 aromatic carbocycles. The van der Waals surface area contributed by atoms with Crippen LogP contribution in [-0.4, -0.2) is 19.5 Å². The lowest BCUT2D eigenvalue weighted by atomic mass is 10.0. The summed E-state index contributed by atoms with van der Waals surface area (Å²) in [6.45, 7) is 0. The first-order chi connectivity index (χ1) is 12.9. The minimum atomic E-state index is -3.82. The molecule has 27 heavy (non-hydrogen) atoms. The Morgan fingerprint density at radius 3 is 2.44 bits per heavy atom. The van der Waals surface area contributed by atoms with Gasteiger partial charge in [-0.15, -0.1) is 11.3 Å². The van der Waals surface area contributed by atoms with Gasteiger partial charge in [-0.2, -0.15) is 0 Å². The average molecular weight is 403 g/mol. The highest BCUT2D eigenvalue weighted by molar-refractivity contribution is 7.91. The molecule has 0 saturated carbocycles. The number of ether oxygens (including phenoxy) is 1. The van der Waals surface area contributed by atoms with E-state index in [0.717, 1.165) is 11.3 Å². The SMILES string of the molecule is O=C(O)C[C@H](NS(=O)(=O)c1cccs1)c1cccc(Oc2ccccc2)c1. The second-order valence-corrected chi connectivity index (χ2v) is 8.58. The molecular formula is C19H17NO5S2. The number of carboxylic acid groups (broad SMARTS) is 1. The van der Waals surface area contributed by atoms with Crippen LogP contribution in [0.3, 0.4) is 0 Å². The van der Waals surface area contributed by atoms with E-state index >= 15 is 0 Å². The standard InChI is InChI=1S/C19H17NO5S2/c21-18(22)13-17(20-27(23,24)19-10-5-11-26-19)14-6-4-9-16(12-14)25-15-7-2-1-3-8-15/h1-12,17,20H,13H2,(H,21,22)/t17-/m0/s1. The van der Waals surface area contributed by atoms with E-state index in [4.69, 9.17) is 4.74 Å². The van der Waals surface area contributed by atoms with E-state index in [-0.39, 0.29) is 10.6 Å². The third-order valence-corrected chi connectivity index (χ3v) is 6.54. The van der Waals surface area contributed by atoms with Gasteiger partial charge in [0.05, 0.1) is 12.5 Å². The van der Waals surface area contributed by atoms with Gasteiger partial charge in [0, 0.05) is 0 Å².